The average molecular weight is 491 g/mol. The third-order valence-electron chi connectivity index (χ3n) is 6.51. The highest BCUT2D eigenvalue weighted by Gasteiger charge is 2.66. The predicted octanol–water partition coefficient (Wildman–Crippen LogP) is 4.01. The SMILES string of the molecule is CCCc1nnc(N2C(=O)c3oc4ccc(F)cc4c(=O)c3C23C(=O)N(CC)c2ccccc23)s1. The van der Waals surface area contributed by atoms with Crippen LogP contribution < -0.4 is 15.2 Å². The molecule has 0 N–H and O–H groups in total. The van der Waals surface area contributed by atoms with Crippen LogP contribution >= 0.6 is 11.3 Å². The summed E-state index contributed by atoms with van der Waals surface area (Å²) in [5, 5.41) is 9.31. The molecular weight excluding hydrogens is 471 g/mol. The lowest BCUT2D eigenvalue weighted by atomic mass is 9.84. The number of hydrogen-bond donors (Lipinski definition) is 0. The zero-order valence-corrected chi connectivity index (χ0v) is 19.7. The number of halogens is 1. The number of carbonyl (C=O) groups is 2. The van der Waals surface area contributed by atoms with Gasteiger partial charge in [0.05, 0.1) is 16.6 Å². The maximum atomic E-state index is 14.2. The van der Waals surface area contributed by atoms with Gasteiger partial charge < -0.3 is 9.32 Å². The third-order valence-corrected chi connectivity index (χ3v) is 7.48. The quantitative estimate of drug-likeness (QED) is 0.429. The number of rotatable bonds is 4. The topological polar surface area (TPSA) is 96.6 Å². The van der Waals surface area contributed by atoms with Crippen molar-refractivity contribution in [3.63, 3.8) is 0 Å². The Morgan fingerprint density at radius 2 is 1.89 bits per heavy atom. The van der Waals surface area contributed by atoms with Crippen LogP contribution in [0.5, 0.6) is 0 Å². The summed E-state index contributed by atoms with van der Waals surface area (Å²) in [4.78, 5) is 44.8. The Morgan fingerprint density at radius 1 is 1.09 bits per heavy atom. The van der Waals surface area contributed by atoms with Gasteiger partial charge in [-0.25, -0.2) is 4.39 Å². The normalized spacial score (nSPS) is 18.7. The van der Waals surface area contributed by atoms with Crippen LogP contribution in [0.3, 0.4) is 0 Å². The van der Waals surface area contributed by atoms with Gasteiger partial charge in [-0.3, -0.25) is 19.3 Å². The molecule has 176 valence electrons. The van der Waals surface area contributed by atoms with Crippen molar-refractivity contribution in [2.75, 3.05) is 16.3 Å². The number of anilines is 2. The van der Waals surface area contributed by atoms with Crippen LogP contribution in [0.4, 0.5) is 15.2 Å². The molecule has 0 radical (unpaired) electrons. The first-order valence-electron chi connectivity index (χ1n) is 11.3. The number of likely N-dealkylation sites (N-methyl/N-ethyl adjacent to an activating group) is 1. The van der Waals surface area contributed by atoms with Gasteiger partial charge in [0, 0.05) is 18.5 Å². The molecular formula is C25H19FN4O4S. The van der Waals surface area contributed by atoms with Crippen molar-refractivity contribution in [2.45, 2.75) is 32.2 Å². The molecule has 10 heteroatoms. The summed E-state index contributed by atoms with van der Waals surface area (Å²) in [5.41, 5.74) is -1.46. The molecule has 0 aliphatic carbocycles. The standard InChI is InChI=1S/C25H19FN4O4S/c1-3-7-18-27-28-24(35-18)30-22(32)21-19(20(31)14-12-13(26)10-11-17(14)34-21)25(30)15-8-5-6-9-16(15)29(4-2)23(25)33/h5-6,8-12H,3-4,7H2,1-2H3. The first-order valence-corrected chi connectivity index (χ1v) is 12.1. The molecule has 0 fully saturated rings. The van der Waals surface area contributed by atoms with E-state index in [-0.39, 0.29) is 27.4 Å². The number of aryl methyl sites for hydroxylation is 1. The van der Waals surface area contributed by atoms with Crippen LogP contribution in [0.1, 0.15) is 47.0 Å². The molecule has 35 heavy (non-hydrogen) atoms. The fraction of sp³-hybridized carbons (Fsp3) is 0.240. The van der Waals surface area contributed by atoms with Crippen molar-refractivity contribution in [3.05, 3.63) is 80.4 Å². The van der Waals surface area contributed by atoms with Gasteiger partial charge in [-0.1, -0.05) is 36.5 Å². The van der Waals surface area contributed by atoms with E-state index >= 15 is 0 Å². The molecule has 0 saturated heterocycles. The first kappa shape index (κ1) is 21.6. The molecule has 1 unspecified atom stereocenters. The monoisotopic (exact) mass is 490 g/mol. The molecule has 4 heterocycles. The zero-order chi connectivity index (χ0) is 24.5. The molecule has 2 aromatic carbocycles. The van der Waals surface area contributed by atoms with E-state index in [0.717, 1.165) is 18.6 Å². The summed E-state index contributed by atoms with van der Waals surface area (Å²) in [5.74, 6) is -2.00. The Bertz CT molecular complexity index is 1610. The molecule has 2 aliphatic rings. The van der Waals surface area contributed by atoms with Gasteiger partial charge in [0.15, 0.2) is 11.0 Å². The summed E-state index contributed by atoms with van der Waals surface area (Å²) < 4.78 is 20.0. The van der Waals surface area contributed by atoms with Crippen molar-refractivity contribution in [1.82, 2.24) is 10.2 Å². The molecule has 2 aromatic heterocycles. The lowest BCUT2D eigenvalue weighted by Crippen LogP contribution is -2.53. The predicted molar refractivity (Wildman–Crippen MR) is 128 cm³/mol. The second kappa shape index (κ2) is 7.54. The van der Waals surface area contributed by atoms with Crippen LogP contribution in [-0.4, -0.2) is 28.6 Å². The van der Waals surface area contributed by atoms with E-state index in [1.165, 1.54) is 27.2 Å². The maximum absolute atomic E-state index is 14.2. The second-order valence-electron chi connectivity index (χ2n) is 8.42. The van der Waals surface area contributed by atoms with Crippen molar-refractivity contribution in [2.24, 2.45) is 0 Å². The first-order chi connectivity index (χ1) is 16.9. The number of amides is 2. The zero-order valence-electron chi connectivity index (χ0n) is 18.9. The molecule has 0 saturated carbocycles. The number of carbonyl (C=O) groups excluding carboxylic acids is 2. The molecule has 1 spiro atoms. The van der Waals surface area contributed by atoms with E-state index in [1.807, 2.05) is 13.8 Å². The number of para-hydroxylation sites is 1. The van der Waals surface area contributed by atoms with Gasteiger partial charge in [0.2, 0.25) is 10.9 Å². The van der Waals surface area contributed by atoms with Crippen LogP contribution in [0, 0.1) is 5.82 Å². The number of benzene rings is 2. The molecule has 2 aliphatic heterocycles. The van der Waals surface area contributed by atoms with Crippen molar-refractivity contribution < 1.29 is 18.4 Å². The summed E-state index contributed by atoms with van der Waals surface area (Å²) in [6, 6.07) is 10.6. The number of nitrogens with zero attached hydrogens (tertiary/aromatic N) is 4. The minimum absolute atomic E-state index is 0.0399. The minimum Gasteiger partial charge on any atom is -0.450 e. The Morgan fingerprint density at radius 3 is 2.66 bits per heavy atom. The summed E-state index contributed by atoms with van der Waals surface area (Å²) in [6.07, 6.45) is 1.49. The molecule has 6 rings (SSSR count). The Hall–Kier alpha value is -3.92. The van der Waals surface area contributed by atoms with E-state index in [4.69, 9.17) is 4.42 Å². The Labute approximate surface area is 202 Å². The van der Waals surface area contributed by atoms with Crippen LogP contribution in [0.25, 0.3) is 11.0 Å². The smallest absolute Gasteiger partial charge is 0.297 e. The minimum atomic E-state index is -1.83. The largest absolute Gasteiger partial charge is 0.450 e. The van der Waals surface area contributed by atoms with E-state index < -0.39 is 28.6 Å². The highest BCUT2D eigenvalue weighted by molar-refractivity contribution is 7.15. The van der Waals surface area contributed by atoms with Crippen molar-refractivity contribution in [3.8, 4) is 0 Å². The fourth-order valence-corrected chi connectivity index (χ4v) is 6.09. The van der Waals surface area contributed by atoms with Crippen LogP contribution in [-0.2, 0) is 16.8 Å². The summed E-state index contributed by atoms with van der Waals surface area (Å²) >= 11 is 1.20. The fourth-order valence-electron chi connectivity index (χ4n) is 5.10. The van der Waals surface area contributed by atoms with Crippen molar-refractivity contribution >= 4 is 44.9 Å². The van der Waals surface area contributed by atoms with Gasteiger partial charge in [-0.2, -0.15) is 0 Å². The van der Waals surface area contributed by atoms with Crippen LogP contribution in [0.15, 0.2) is 51.7 Å². The molecule has 2 amide bonds. The van der Waals surface area contributed by atoms with Gasteiger partial charge >= 0.3 is 0 Å². The Balaban J connectivity index is 1.75. The number of fused-ring (bicyclic) bond motifs is 5. The van der Waals surface area contributed by atoms with E-state index in [0.29, 0.717) is 29.2 Å². The molecule has 1 atom stereocenters. The maximum Gasteiger partial charge on any atom is 0.297 e. The number of aromatic nitrogens is 2. The number of hydrogen-bond acceptors (Lipinski definition) is 7. The van der Waals surface area contributed by atoms with Gasteiger partial charge in [0.1, 0.15) is 16.4 Å². The molecule has 4 aromatic rings. The lowest BCUT2D eigenvalue weighted by Gasteiger charge is -2.31. The van der Waals surface area contributed by atoms with Crippen molar-refractivity contribution in [1.29, 1.82) is 0 Å². The van der Waals surface area contributed by atoms with Gasteiger partial charge in [0.25, 0.3) is 11.8 Å². The van der Waals surface area contributed by atoms with Crippen LogP contribution in [0.2, 0.25) is 0 Å². The summed E-state index contributed by atoms with van der Waals surface area (Å²) in [7, 11) is 0. The van der Waals surface area contributed by atoms with E-state index in [2.05, 4.69) is 10.2 Å². The highest BCUT2D eigenvalue weighted by Crippen LogP contribution is 2.54. The van der Waals surface area contributed by atoms with E-state index in [1.54, 1.807) is 24.3 Å². The molecule has 8 nitrogen and oxygen atoms in total. The lowest BCUT2D eigenvalue weighted by molar-refractivity contribution is -0.121. The Kier molecular flexibility index (Phi) is 4.65. The summed E-state index contributed by atoms with van der Waals surface area (Å²) in [6.45, 7) is 4.14. The third kappa shape index (κ3) is 2.68. The van der Waals surface area contributed by atoms with E-state index in [9.17, 15) is 18.8 Å². The van der Waals surface area contributed by atoms with Gasteiger partial charge in [-0.05, 0) is 37.6 Å². The van der Waals surface area contributed by atoms with Gasteiger partial charge in [-0.15, -0.1) is 10.2 Å². The average Bonchev–Trinajstić information content (AvgIpc) is 3.48. The molecule has 0 bridgehead atoms. The highest BCUT2D eigenvalue weighted by atomic mass is 32.1. The second-order valence-corrected chi connectivity index (χ2v) is 9.46.